The van der Waals surface area contributed by atoms with Crippen molar-refractivity contribution in [1.29, 1.82) is 0 Å². The Morgan fingerprint density at radius 1 is 1.18 bits per heavy atom. The molecule has 1 aliphatic carbocycles. The standard InChI is InChI=1S/C21H18F2N4S/c1-12(13-2-3-13)26-21-25-10-19(28-21)14-8-17(20-24-6-7-27(20)11-14)16-5-4-15(22)9-18(16)23/h4-13H,2-3H2,1H3,(H,25,26). The zero-order chi connectivity index (χ0) is 19.3. The van der Waals surface area contributed by atoms with Crippen LogP contribution in [0.2, 0.25) is 0 Å². The van der Waals surface area contributed by atoms with Gasteiger partial charge in [0.2, 0.25) is 0 Å². The molecule has 142 valence electrons. The minimum absolute atomic E-state index is 0.324. The number of nitrogens with zero attached hydrogens (tertiary/aromatic N) is 3. The van der Waals surface area contributed by atoms with Gasteiger partial charge in [0.15, 0.2) is 5.13 Å². The Hall–Kier alpha value is -2.80. The van der Waals surface area contributed by atoms with Gasteiger partial charge in [-0.3, -0.25) is 0 Å². The Bertz CT molecular complexity index is 1160. The van der Waals surface area contributed by atoms with Crippen LogP contribution in [0.3, 0.4) is 0 Å². The number of aromatic nitrogens is 3. The molecule has 1 unspecified atom stereocenters. The topological polar surface area (TPSA) is 42.2 Å². The predicted molar refractivity (Wildman–Crippen MR) is 107 cm³/mol. The maximum absolute atomic E-state index is 14.4. The summed E-state index contributed by atoms with van der Waals surface area (Å²) >= 11 is 1.57. The van der Waals surface area contributed by atoms with Crippen molar-refractivity contribution < 1.29 is 8.78 Å². The van der Waals surface area contributed by atoms with Gasteiger partial charge < -0.3 is 9.72 Å². The van der Waals surface area contributed by atoms with Gasteiger partial charge in [-0.15, -0.1) is 0 Å². The molecule has 28 heavy (non-hydrogen) atoms. The molecule has 0 spiro atoms. The van der Waals surface area contributed by atoms with Crippen LogP contribution < -0.4 is 5.32 Å². The Balaban J connectivity index is 1.56. The smallest absolute Gasteiger partial charge is 0.183 e. The van der Waals surface area contributed by atoms with Crippen LogP contribution in [0.5, 0.6) is 0 Å². The number of fused-ring (bicyclic) bond motifs is 1. The van der Waals surface area contributed by atoms with Crippen molar-refractivity contribution in [3.8, 4) is 21.6 Å². The molecule has 1 saturated carbocycles. The fourth-order valence-electron chi connectivity index (χ4n) is 3.46. The van der Waals surface area contributed by atoms with Crippen LogP contribution in [0.15, 0.2) is 49.1 Å². The molecule has 7 heteroatoms. The lowest BCUT2D eigenvalue weighted by atomic mass is 10.0. The number of imidazole rings is 1. The third-order valence-corrected chi connectivity index (χ3v) is 6.16. The van der Waals surface area contributed by atoms with E-state index in [4.69, 9.17) is 0 Å². The number of thiazole rings is 1. The van der Waals surface area contributed by atoms with E-state index < -0.39 is 11.6 Å². The predicted octanol–water partition coefficient (Wildman–Crippen LogP) is 5.61. The highest BCUT2D eigenvalue weighted by Gasteiger charge is 2.28. The molecule has 5 rings (SSSR count). The van der Waals surface area contributed by atoms with Gasteiger partial charge in [0.05, 0.1) is 4.88 Å². The van der Waals surface area contributed by atoms with Crippen molar-refractivity contribution in [2.75, 3.05) is 5.32 Å². The Labute approximate surface area is 164 Å². The number of benzene rings is 1. The van der Waals surface area contributed by atoms with Crippen molar-refractivity contribution in [1.82, 2.24) is 14.4 Å². The van der Waals surface area contributed by atoms with Crippen molar-refractivity contribution in [2.45, 2.75) is 25.8 Å². The number of hydrogen-bond donors (Lipinski definition) is 1. The molecule has 1 fully saturated rings. The summed E-state index contributed by atoms with van der Waals surface area (Å²) in [7, 11) is 0. The van der Waals surface area contributed by atoms with Gasteiger partial charge in [-0.2, -0.15) is 0 Å². The first-order valence-corrected chi connectivity index (χ1v) is 10.0. The average molecular weight is 396 g/mol. The van der Waals surface area contributed by atoms with E-state index in [0.717, 1.165) is 27.6 Å². The molecular weight excluding hydrogens is 378 g/mol. The first-order chi connectivity index (χ1) is 13.6. The fourth-order valence-corrected chi connectivity index (χ4v) is 4.35. The number of rotatable bonds is 5. The summed E-state index contributed by atoms with van der Waals surface area (Å²) in [6, 6.07) is 5.92. The second kappa shape index (κ2) is 6.67. The Morgan fingerprint density at radius 2 is 2.04 bits per heavy atom. The summed E-state index contributed by atoms with van der Waals surface area (Å²) in [5, 5.41) is 4.36. The third kappa shape index (κ3) is 3.16. The second-order valence-electron chi connectivity index (χ2n) is 7.22. The Kier molecular flexibility index (Phi) is 4.12. The maximum Gasteiger partial charge on any atom is 0.183 e. The molecule has 0 aliphatic heterocycles. The minimum atomic E-state index is -0.605. The van der Waals surface area contributed by atoms with E-state index in [9.17, 15) is 8.78 Å². The lowest BCUT2D eigenvalue weighted by Crippen LogP contribution is -2.16. The highest BCUT2D eigenvalue weighted by molar-refractivity contribution is 7.18. The van der Waals surface area contributed by atoms with Crippen LogP contribution >= 0.6 is 11.3 Å². The molecule has 0 radical (unpaired) electrons. The van der Waals surface area contributed by atoms with Crippen LogP contribution in [0.1, 0.15) is 19.8 Å². The van der Waals surface area contributed by atoms with E-state index in [1.54, 1.807) is 17.5 Å². The summed E-state index contributed by atoms with van der Waals surface area (Å²) in [6.45, 7) is 2.19. The van der Waals surface area contributed by atoms with E-state index >= 15 is 0 Å². The van der Waals surface area contributed by atoms with Gasteiger partial charge in [0.1, 0.15) is 17.3 Å². The molecule has 3 aromatic heterocycles. The van der Waals surface area contributed by atoms with Crippen molar-refractivity contribution in [3.05, 3.63) is 60.7 Å². The minimum Gasteiger partial charge on any atom is -0.359 e. The van der Waals surface area contributed by atoms with E-state index in [-0.39, 0.29) is 0 Å². The van der Waals surface area contributed by atoms with E-state index in [1.807, 2.05) is 29.1 Å². The normalized spacial score (nSPS) is 15.1. The average Bonchev–Trinajstić information content (AvgIpc) is 3.24. The lowest BCUT2D eigenvalue weighted by Gasteiger charge is -2.10. The van der Waals surface area contributed by atoms with Crippen molar-refractivity contribution >= 4 is 22.1 Å². The molecule has 1 N–H and O–H groups in total. The lowest BCUT2D eigenvalue weighted by molar-refractivity contribution is 0.585. The SMILES string of the molecule is CC(Nc1ncc(-c2cc(-c3ccc(F)cc3F)c3nccn3c2)s1)C1CC1. The summed E-state index contributed by atoms with van der Waals surface area (Å²) in [5.74, 6) is -0.464. The monoisotopic (exact) mass is 396 g/mol. The van der Waals surface area contributed by atoms with Gasteiger partial charge in [0, 0.05) is 53.6 Å². The molecule has 1 aliphatic rings. The number of pyridine rings is 1. The van der Waals surface area contributed by atoms with Crippen LogP contribution in [0.25, 0.3) is 27.2 Å². The molecule has 4 aromatic rings. The van der Waals surface area contributed by atoms with Gasteiger partial charge in [-0.1, -0.05) is 11.3 Å². The van der Waals surface area contributed by atoms with E-state index in [0.29, 0.717) is 22.8 Å². The summed E-state index contributed by atoms with van der Waals surface area (Å²) in [6.07, 6.45) is 9.82. The van der Waals surface area contributed by atoms with Crippen LogP contribution in [0, 0.1) is 17.6 Å². The van der Waals surface area contributed by atoms with Crippen LogP contribution in [-0.2, 0) is 0 Å². The summed E-state index contributed by atoms with van der Waals surface area (Å²) in [4.78, 5) is 9.82. The van der Waals surface area contributed by atoms with Crippen LogP contribution in [-0.4, -0.2) is 20.4 Å². The number of halogens is 2. The molecule has 1 atom stereocenters. The molecule has 0 saturated heterocycles. The fraction of sp³-hybridized carbons (Fsp3) is 0.238. The summed E-state index contributed by atoms with van der Waals surface area (Å²) < 4.78 is 29.6. The van der Waals surface area contributed by atoms with Crippen molar-refractivity contribution in [2.24, 2.45) is 5.92 Å². The molecule has 0 bridgehead atoms. The first-order valence-electron chi connectivity index (χ1n) is 9.23. The molecular formula is C21H18F2N4S. The summed E-state index contributed by atoms with van der Waals surface area (Å²) in [5.41, 5.74) is 2.48. The quantitative estimate of drug-likeness (QED) is 0.476. The van der Waals surface area contributed by atoms with Crippen LogP contribution in [0.4, 0.5) is 13.9 Å². The maximum atomic E-state index is 14.4. The molecule has 3 heterocycles. The van der Waals surface area contributed by atoms with E-state index in [2.05, 4.69) is 22.2 Å². The molecule has 0 amide bonds. The largest absolute Gasteiger partial charge is 0.359 e. The number of hydrogen-bond acceptors (Lipinski definition) is 4. The molecule has 1 aromatic carbocycles. The highest BCUT2D eigenvalue weighted by atomic mass is 32.1. The number of anilines is 1. The van der Waals surface area contributed by atoms with E-state index in [1.165, 1.54) is 25.0 Å². The van der Waals surface area contributed by atoms with Gasteiger partial charge in [0.25, 0.3) is 0 Å². The van der Waals surface area contributed by atoms with Crippen molar-refractivity contribution in [3.63, 3.8) is 0 Å². The van der Waals surface area contributed by atoms with Gasteiger partial charge in [-0.05, 0) is 43.9 Å². The Morgan fingerprint density at radius 3 is 2.82 bits per heavy atom. The first kappa shape index (κ1) is 17.3. The highest BCUT2D eigenvalue weighted by Crippen LogP contribution is 2.37. The molecule has 4 nitrogen and oxygen atoms in total. The zero-order valence-electron chi connectivity index (χ0n) is 15.2. The third-order valence-electron chi connectivity index (χ3n) is 5.18. The number of nitrogens with one attached hydrogen (secondary N) is 1. The zero-order valence-corrected chi connectivity index (χ0v) is 16.0. The second-order valence-corrected chi connectivity index (χ2v) is 8.26. The van der Waals surface area contributed by atoms with Gasteiger partial charge in [-0.25, -0.2) is 18.7 Å². The van der Waals surface area contributed by atoms with Gasteiger partial charge >= 0.3 is 0 Å².